The number of carbonyl (C=O) groups excluding carboxylic acids is 1. The van der Waals surface area contributed by atoms with E-state index in [0.29, 0.717) is 0 Å². The first-order valence-electron chi connectivity index (χ1n) is 5.91. The number of rotatable bonds is 3. The predicted octanol–water partition coefficient (Wildman–Crippen LogP) is 3.03. The van der Waals surface area contributed by atoms with Gasteiger partial charge in [-0.3, -0.25) is 4.79 Å². The molecule has 0 saturated carbocycles. The molecule has 1 heterocycles. The fourth-order valence-electron chi connectivity index (χ4n) is 2.24. The Kier molecular flexibility index (Phi) is 3.71. The Morgan fingerprint density at radius 1 is 1.33 bits per heavy atom. The Hall–Kier alpha value is -1.36. The normalized spacial score (nSPS) is 20.1. The third kappa shape index (κ3) is 2.90. The maximum Gasteiger partial charge on any atom is 0.417 e. The minimum absolute atomic E-state index is 0.0128. The van der Waals surface area contributed by atoms with Crippen LogP contribution < -0.4 is 5.32 Å². The van der Waals surface area contributed by atoms with Crippen molar-refractivity contribution in [3.8, 4) is 0 Å². The molecule has 0 aromatic heterocycles. The van der Waals surface area contributed by atoms with E-state index in [1.165, 1.54) is 18.2 Å². The molecule has 0 spiro atoms. The van der Waals surface area contributed by atoms with Crippen LogP contribution in [-0.4, -0.2) is 18.4 Å². The number of benzene rings is 1. The van der Waals surface area contributed by atoms with Crippen LogP contribution >= 0.6 is 0 Å². The summed E-state index contributed by atoms with van der Waals surface area (Å²) in [6.07, 6.45) is -2.53. The molecule has 0 aliphatic carbocycles. The summed E-state index contributed by atoms with van der Waals surface area (Å²) in [6.45, 7) is 0.832. The molecule has 1 aliphatic rings. The number of Topliss-reactive ketones (excluding diaryl/α,β-unsaturated/α-hetero) is 1. The molecule has 1 fully saturated rings. The topological polar surface area (TPSA) is 29.1 Å². The lowest BCUT2D eigenvalue weighted by molar-refractivity contribution is -0.137. The van der Waals surface area contributed by atoms with E-state index in [9.17, 15) is 18.0 Å². The fraction of sp³-hybridized carbons (Fsp3) is 0.462. The third-order valence-electron chi connectivity index (χ3n) is 3.13. The first-order chi connectivity index (χ1) is 8.48. The molecule has 1 N–H and O–H groups in total. The van der Waals surface area contributed by atoms with E-state index >= 15 is 0 Å². The molecule has 1 aliphatic heterocycles. The molecule has 98 valence electrons. The Balaban J connectivity index is 2.19. The number of halogens is 3. The zero-order valence-corrected chi connectivity index (χ0v) is 9.76. The van der Waals surface area contributed by atoms with E-state index in [2.05, 4.69) is 5.32 Å². The average Bonchev–Trinajstić information content (AvgIpc) is 2.80. The summed E-state index contributed by atoms with van der Waals surface area (Å²) in [4.78, 5) is 11.9. The van der Waals surface area contributed by atoms with Crippen LogP contribution in [0.1, 0.15) is 35.2 Å². The highest BCUT2D eigenvalue weighted by Gasteiger charge is 2.35. The highest BCUT2D eigenvalue weighted by atomic mass is 19.4. The Morgan fingerprint density at radius 3 is 2.67 bits per heavy atom. The van der Waals surface area contributed by atoms with Gasteiger partial charge in [0.15, 0.2) is 5.78 Å². The van der Waals surface area contributed by atoms with E-state index in [-0.39, 0.29) is 18.0 Å². The number of alkyl halides is 3. The maximum absolute atomic E-state index is 12.8. The second kappa shape index (κ2) is 5.10. The number of nitrogens with one attached hydrogen (secondary N) is 1. The first-order valence-corrected chi connectivity index (χ1v) is 5.91. The van der Waals surface area contributed by atoms with Gasteiger partial charge in [0.25, 0.3) is 0 Å². The molecule has 1 aromatic rings. The summed E-state index contributed by atoms with van der Waals surface area (Å²) in [5.41, 5.74) is -1.06. The summed E-state index contributed by atoms with van der Waals surface area (Å²) >= 11 is 0. The average molecular weight is 257 g/mol. The van der Waals surface area contributed by atoms with Crippen molar-refractivity contribution < 1.29 is 18.0 Å². The lowest BCUT2D eigenvalue weighted by atomic mass is 9.98. The zero-order chi connectivity index (χ0) is 13.2. The smallest absolute Gasteiger partial charge is 0.314 e. The van der Waals surface area contributed by atoms with Crippen molar-refractivity contribution in [1.29, 1.82) is 0 Å². The Morgan fingerprint density at radius 2 is 2.06 bits per heavy atom. The highest BCUT2D eigenvalue weighted by Crippen LogP contribution is 2.32. The van der Waals surface area contributed by atoms with Crippen molar-refractivity contribution >= 4 is 5.78 Å². The van der Waals surface area contributed by atoms with Crippen LogP contribution in [0.4, 0.5) is 13.2 Å². The molecular formula is C13H14F3NO. The summed E-state index contributed by atoms with van der Waals surface area (Å²) in [7, 11) is 0. The van der Waals surface area contributed by atoms with E-state index in [1.807, 2.05) is 0 Å². The summed E-state index contributed by atoms with van der Waals surface area (Å²) in [5.74, 6) is -0.442. The predicted molar refractivity (Wildman–Crippen MR) is 61.4 cm³/mol. The summed E-state index contributed by atoms with van der Waals surface area (Å²) in [6, 6.07) is 4.98. The van der Waals surface area contributed by atoms with Crippen molar-refractivity contribution in [1.82, 2.24) is 5.32 Å². The van der Waals surface area contributed by atoms with Gasteiger partial charge in [0.2, 0.25) is 0 Å². The van der Waals surface area contributed by atoms with Gasteiger partial charge in [0, 0.05) is 18.0 Å². The maximum atomic E-state index is 12.8. The van der Waals surface area contributed by atoms with Crippen molar-refractivity contribution in [3.63, 3.8) is 0 Å². The van der Waals surface area contributed by atoms with Crippen LogP contribution in [0.5, 0.6) is 0 Å². The lowest BCUT2D eigenvalue weighted by Crippen LogP contribution is -2.25. The van der Waals surface area contributed by atoms with E-state index in [0.717, 1.165) is 25.5 Å². The van der Waals surface area contributed by atoms with Gasteiger partial charge in [0.1, 0.15) is 0 Å². The van der Waals surface area contributed by atoms with Crippen LogP contribution in [0, 0.1) is 0 Å². The zero-order valence-electron chi connectivity index (χ0n) is 9.76. The number of ketones is 1. The number of carbonyl (C=O) groups is 1. The molecule has 2 nitrogen and oxygen atoms in total. The summed E-state index contributed by atoms with van der Waals surface area (Å²) < 4.78 is 38.3. The van der Waals surface area contributed by atoms with Crippen molar-refractivity contribution in [2.45, 2.75) is 31.5 Å². The molecule has 5 heteroatoms. The minimum Gasteiger partial charge on any atom is -0.314 e. The van der Waals surface area contributed by atoms with Gasteiger partial charge in [0.05, 0.1) is 5.56 Å². The minimum atomic E-state index is -4.48. The highest BCUT2D eigenvalue weighted by molar-refractivity contribution is 5.98. The molecule has 18 heavy (non-hydrogen) atoms. The van der Waals surface area contributed by atoms with Crippen LogP contribution in [0.25, 0.3) is 0 Å². The van der Waals surface area contributed by atoms with Gasteiger partial charge < -0.3 is 5.32 Å². The number of hydrogen-bond acceptors (Lipinski definition) is 2. The molecule has 0 radical (unpaired) electrons. The van der Waals surface area contributed by atoms with Crippen molar-refractivity contribution in [3.05, 3.63) is 35.4 Å². The standard InChI is InChI=1S/C13H14F3NO/c14-13(15,16)11-6-2-1-5-10(11)12(18)8-9-4-3-7-17-9/h1-2,5-6,9,17H,3-4,7-8H2. The van der Waals surface area contributed by atoms with Crippen LogP contribution in [0.3, 0.4) is 0 Å². The van der Waals surface area contributed by atoms with Crippen LogP contribution in [0.2, 0.25) is 0 Å². The number of hydrogen-bond donors (Lipinski definition) is 1. The van der Waals surface area contributed by atoms with Gasteiger partial charge in [-0.05, 0) is 25.5 Å². The molecule has 1 aromatic carbocycles. The largest absolute Gasteiger partial charge is 0.417 e. The quantitative estimate of drug-likeness (QED) is 0.843. The van der Waals surface area contributed by atoms with E-state index in [4.69, 9.17) is 0 Å². The van der Waals surface area contributed by atoms with Gasteiger partial charge in [-0.25, -0.2) is 0 Å². The second-order valence-electron chi connectivity index (χ2n) is 4.46. The first kappa shape index (κ1) is 13.1. The molecule has 1 saturated heterocycles. The van der Waals surface area contributed by atoms with Crippen LogP contribution in [0.15, 0.2) is 24.3 Å². The SMILES string of the molecule is O=C(CC1CCCN1)c1ccccc1C(F)(F)F. The molecule has 0 amide bonds. The van der Waals surface area contributed by atoms with Gasteiger partial charge in [-0.1, -0.05) is 18.2 Å². The van der Waals surface area contributed by atoms with Gasteiger partial charge >= 0.3 is 6.18 Å². The van der Waals surface area contributed by atoms with Crippen molar-refractivity contribution in [2.24, 2.45) is 0 Å². The third-order valence-corrected chi connectivity index (χ3v) is 3.13. The monoisotopic (exact) mass is 257 g/mol. The molecule has 0 bridgehead atoms. The fourth-order valence-corrected chi connectivity index (χ4v) is 2.24. The van der Waals surface area contributed by atoms with Crippen LogP contribution in [-0.2, 0) is 6.18 Å². The summed E-state index contributed by atoms with van der Waals surface area (Å²) in [5, 5.41) is 3.11. The second-order valence-corrected chi connectivity index (χ2v) is 4.46. The van der Waals surface area contributed by atoms with Crippen molar-refractivity contribution in [2.75, 3.05) is 6.54 Å². The molecular weight excluding hydrogens is 243 g/mol. The van der Waals surface area contributed by atoms with Gasteiger partial charge in [-0.15, -0.1) is 0 Å². The lowest BCUT2D eigenvalue weighted by Gasteiger charge is -2.14. The Labute approximate surface area is 103 Å². The molecule has 2 rings (SSSR count). The van der Waals surface area contributed by atoms with E-state index in [1.54, 1.807) is 0 Å². The van der Waals surface area contributed by atoms with Gasteiger partial charge in [-0.2, -0.15) is 13.2 Å². The Bertz CT molecular complexity index is 436. The molecule has 1 atom stereocenters. The van der Waals surface area contributed by atoms with E-state index < -0.39 is 17.5 Å². The molecule has 1 unspecified atom stereocenters.